The van der Waals surface area contributed by atoms with Crippen molar-refractivity contribution in [2.75, 3.05) is 12.4 Å². The van der Waals surface area contributed by atoms with Gasteiger partial charge in [0.25, 0.3) is 0 Å². The van der Waals surface area contributed by atoms with Gasteiger partial charge in [-0.3, -0.25) is 0 Å². The molecule has 16 heavy (non-hydrogen) atoms. The molecular formula is C14H12N2. The second-order valence-electron chi connectivity index (χ2n) is 3.84. The lowest BCUT2D eigenvalue weighted by molar-refractivity contribution is 1.48. The highest BCUT2D eigenvalue weighted by Gasteiger charge is 1.99. The fourth-order valence-corrected chi connectivity index (χ4v) is 1.94. The lowest BCUT2D eigenvalue weighted by atomic mass is 10.1. The molecule has 2 aromatic carbocycles. The van der Waals surface area contributed by atoms with Crippen molar-refractivity contribution in [3.63, 3.8) is 0 Å². The lowest BCUT2D eigenvalue weighted by Gasteiger charge is -2.04. The predicted octanol–water partition coefficient (Wildman–Crippen LogP) is 3.43. The van der Waals surface area contributed by atoms with Crippen molar-refractivity contribution in [2.45, 2.75) is 0 Å². The molecule has 0 aliphatic heterocycles. The first kappa shape index (κ1) is 9.16. The number of anilines is 1. The van der Waals surface area contributed by atoms with Gasteiger partial charge >= 0.3 is 0 Å². The van der Waals surface area contributed by atoms with Crippen molar-refractivity contribution in [3.8, 4) is 0 Å². The van der Waals surface area contributed by atoms with Crippen LogP contribution in [0.5, 0.6) is 0 Å². The Morgan fingerprint density at radius 2 is 1.69 bits per heavy atom. The van der Waals surface area contributed by atoms with E-state index in [0.29, 0.717) is 0 Å². The third kappa shape index (κ3) is 1.39. The SMILES string of the molecule is CNc1ccc2nc3ccccc3cc2c1. The van der Waals surface area contributed by atoms with E-state index in [2.05, 4.69) is 28.5 Å². The van der Waals surface area contributed by atoms with Gasteiger partial charge in [-0.25, -0.2) is 4.98 Å². The molecule has 0 radical (unpaired) electrons. The monoisotopic (exact) mass is 208 g/mol. The number of rotatable bonds is 1. The average Bonchev–Trinajstić information content (AvgIpc) is 2.35. The molecule has 0 bridgehead atoms. The summed E-state index contributed by atoms with van der Waals surface area (Å²) in [6, 6.07) is 16.6. The Bertz CT molecular complexity index is 659. The normalized spacial score (nSPS) is 10.8. The minimum absolute atomic E-state index is 1.04. The second-order valence-corrected chi connectivity index (χ2v) is 3.84. The summed E-state index contributed by atoms with van der Waals surface area (Å²) in [7, 11) is 1.93. The fourth-order valence-electron chi connectivity index (χ4n) is 1.94. The molecule has 0 fully saturated rings. The van der Waals surface area contributed by atoms with Gasteiger partial charge in [-0.2, -0.15) is 0 Å². The molecule has 0 spiro atoms. The number of hydrogen-bond acceptors (Lipinski definition) is 2. The maximum absolute atomic E-state index is 4.63. The van der Waals surface area contributed by atoms with Crippen molar-refractivity contribution in [1.29, 1.82) is 0 Å². The van der Waals surface area contributed by atoms with E-state index < -0.39 is 0 Å². The van der Waals surface area contributed by atoms with Crippen LogP contribution in [-0.2, 0) is 0 Å². The summed E-state index contributed by atoms with van der Waals surface area (Å²) in [4.78, 5) is 4.63. The Morgan fingerprint density at radius 1 is 0.875 bits per heavy atom. The minimum Gasteiger partial charge on any atom is -0.388 e. The highest BCUT2D eigenvalue weighted by atomic mass is 14.8. The van der Waals surface area contributed by atoms with E-state index in [1.165, 1.54) is 10.8 Å². The summed E-state index contributed by atoms with van der Waals surface area (Å²) in [5, 5.41) is 5.49. The first-order valence-electron chi connectivity index (χ1n) is 5.34. The number of aromatic nitrogens is 1. The first-order chi connectivity index (χ1) is 7.86. The van der Waals surface area contributed by atoms with Gasteiger partial charge in [0.05, 0.1) is 11.0 Å². The third-order valence-corrected chi connectivity index (χ3v) is 2.80. The van der Waals surface area contributed by atoms with Crippen LogP contribution in [0.25, 0.3) is 21.8 Å². The Labute approximate surface area is 93.9 Å². The topological polar surface area (TPSA) is 24.9 Å². The number of nitrogens with zero attached hydrogens (tertiary/aromatic N) is 1. The van der Waals surface area contributed by atoms with Crippen molar-refractivity contribution in [1.82, 2.24) is 4.98 Å². The summed E-state index contributed by atoms with van der Waals surface area (Å²) in [5.41, 5.74) is 3.20. The van der Waals surface area contributed by atoms with Crippen LogP contribution >= 0.6 is 0 Å². The molecule has 0 unspecified atom stereocenters. The van der Waals surface area contributed by atoms with E-state index >= 15 is 0 Å². The van der Waals surface area contributed by atoms with Crippen LogP contribution in [0.4, 0.5) is 5.69 Å². The highest BCUT2D eigenvalue weighted by molar-refractivity contribution is 5.93. The largest absolute Gasteiger partial charge is 0.388 e. The summed E-state index contributed by atoms with van der Waals surface area (Å²) < 4.78 is 0. The van der Waals surface area contributed by atoms with Gasteiger partial charge in [0.1, 0.15) is 0 Å². The summed E-state index contributed by atoms with van der Waals surface area (Å²) >= 11 is 0. The molecule has 3 aromatic rings. The Kier molecular flexibility index (Phi) is 2.00. The molecule has 2 nitrogen and oxygen atoms in total. The number of pyridine rings is 1. The molecule has 0 atom stereocenters. The minimum atomic E-state index is 1.04. The van der Waals surface area contributed by atoms with Crippen LogP contribution in [0.15, 0.2) is 48.5 Å². The number of para-hydroxylation sites is 1. The molecule has 0 saturated carbocycles. The van der Waals surface area contributed by atoms with Crippen LogP contribution in [-0.4, -0.2) is 12.0 Å². The van der Waals surface area contributed by atoms with E-state index in [1.54, 1.807) is 0 Å². The summed E-state index contributed by atoms with van der Waals surface area (Å²) in [6.07, 6.45) is 0. The summed E-state index contributed by atoms with van der Waals surface area (Å²) in [5.74, 6) is 0. The highest BCUT2D eigenvalue weighted by Crippen LogP contribution is 2.22. The van der Waals surface area contributed by atoms with E-state index in [9.17, 15) is 0 Å². The molecular weight excluding hydrogens is 196 g/mol. The zero-order valence-electron chi connectivity index (χ0n) is 9.07. The van der Waals surface area contributed by atoms with Crippen LogP contribution in [0.2, 0.25) is 0 Å². The van der Waals surface area contributed by atoms with E-state index in [1.807, 2.05) is 37.4 Å². The standard InChI is InChI=1S/C14H12N2/c1-15-12-6-7-14-11(9-12)8-10-4-2-3-5-13(10)16-14/h2-9,15H,1H3. The van der Waals surface area contributed by atoms with Crippen molar-refractivity contribution in [3.05, 3.63) is 48.5 Å². The maximum atomic E-state index is 4.63. The average molecular weight is 208 g/mol. The molecule has 0 aliphatic rings. The zero-order valence-corrected chi connectivity index (χ0v) is 9.07. The number of hydrogen-bond donors (Lipinski definition) is 1. The van der Waals surface area contributed by atoms with E-state index in [-0.39, 0.29) is 0 Å². The van der Waals surface area contributed by atoms with Gasteiger partial charge in [-0.1, -0.05) is 18.2 Å². The van der Waals surface area contributed by atoms with Gasteiger partial charge < -0.3 is 5.32 Å². The molecule has 3 rings (SSSR count). The molecule has 1 N–H and O–H groups in total. The third-order valence-electron chi connectivity index (χ3n) is 2.80. The van der Waals surface area contributed by atoms with E-state index in [0.717, 1.165) is 16.7 Å². The zero-order chi connectivity index (χ0) is 11.0. The predicted molar refractivity (Wildman–Crippen MR) is 68.8 cm³/mol. The van der Waals surface area contributed by atoms with Gasteiger partial charge in [0.15, 0.2) is 0 Å². The summed E-state index contributed by atoms with van der Waals surface area (Å²) in [6.45, 7) is 0. The maximum Gasteiger partial charge on any atom is 0.0711 e. The second kappa shape index (κ2) is 3.49. The molecule has 2 heteroatoms. The first-order valence-corrected chi connectivity index (χ1v) is 5.34. The molecule has 1 aromatic heterocycles. The van der Waals surface area contributed by atoms with Crippen molar-refractivity contribution in [2.24, 2.45) is 0 Å². The van der Waals surface area contributed by atoms with Crippen LogP contribution in [0.3, 0.4) is 0 Å². The van der Waals surface area contributed by atoms with Gasteiger partial charge in [0.2, 0.25) is 0 Å². The smallest absolute Gasteiger partial charge is 0.0711 e. The van der Waals surface area contributed by atoms with Crippen molar-refractivity contribution < 1.29 is 0 Å². The lowest BCUT2D eigenvalue weighted by Crippen LogP contribution is -1.88. The van der Waals surface area contributed by atoms with Crippen LogP contribution in [0.1, 0.15) is 0 Å². The molecule has 0 saturated heterocycles. The molecule has 0 aliphatic carbocycles. The van der Waals surface area contributed by atoms with Gasteiger partial charge in [-0.15, -0.1) is 0 Å². The van der Waals surface area contributed by atoms with Gasteiger partial charge in [-0.05, 0) is 30.3 Å². The van der Waals surface area contributed by atoms with Crippen LogP contribution in [0, 0.1) is 0 Å². The quantitative estimate of drug-likeness (QED) is 0.620. The Hall–Kier alpha value is -2.09. The molecule has 1 heterocycles. The van der Waals surface area contributed by atoms with Crippen molar-refractivity contribution >= 4 is 27.5 Å². The molecule has 0 amide bonds. The fraction of sp³-hybridized carbons (Fsp3) is 0.0714. The van der Waals surface area contributed by atoms with Gasteiger partial charge in [0, 0.05) is 23.5 Å². The van der Waals surface area contributed by atoms with E-state index in [4.69, 9.17) is 0 Å². The van der Waals surface area contributed by atoms with Crippen LogP contribution < -0.4 is 5.32 Å². The number of fused-ring (bicyclic) bond motifs is 2. The Balaban J connectivity index is 2.37. The number of benzene rings is 2. The Morgan fingerprint density at radius 3 is 2.56 bits per heavy atom. The number of nitrogens with one attached hydrogen (secondary N) is 1. The molecule has 78 valence electrons.